The zero-order valence-corrected chi connectivity index (χ0v) is 14.8. The van der Waals surface area contributed by atoms with E-state index < -0.39 is 23.9 Å². The first-order chi connectivity index (χ1) is 12.7. The minimum Gasteiger partial charge on any atom is -0.399 e. The van der Waals surface area contributed by atoms with E-state index in [0.29, 0.717) is 5.70 Å². The van der Waals surface area contributed by atoms with E-state index in [1.54, 1.807) is 11.9 Å². The summed E-state index contributed by atoms with van der Waals surface area (Å²) in [6.45, 7) is -0.432. The Morgan fingerprint density at radius 1 is 1.30 bits per heavy atom. The van der Waals surface area contributed by atoms with E-state index >= 15 is 0 Å². The molecule has 1 aromatic rings. The zero-order valence-electron chi connectivity index (χ0n) is 14.8. The van der Waals surface area contributed by atoms with E-state index in [2.05, 4.69) is 5.16 Å². The molecule has 1 saturated carbocycles. The summed E-state index contributed by atoms with van der Waals surface area (Å²) in [7, 11) is 1.67. The lowest BCUT2D eigenvalue weighted by Gasteiger charge is -2.33. The highest BCUT2D eigenvalue weighted by Gasteiger charge is 2.51. The van der Waals surface area contributed by atoms with Crippen molar-refractivity contribution in [2.45, 2.75) is 44.0 Å². The summed E-state index contributed by atoms with van der Waals surface area (Å²) in [5.74, 6) is -0.576. The van der Waals surface area contributed by atoms with Crippen molar-refractivity contribution in [2.24, 2.45) is 16.6 Å². The summed E-state index contributed by atoms with van der Waals surface area (Å²) in [5, 5.41) is 3.66. The number of benzene rings is 1. The molecule has 146 valence electrons. The maximum Gasteiger partial charge on any atom is 0.416 e. The number of halogens is 3. The number of amides is 1. The molecule has 0 unspecified atom stereocenters. The lowest BCUT2D eigenvalue weighted by molar-refractivity contribution is -0.138. The van der Waals surface area contributed by atoms with Crippen LogP contribution in [0, 0.1) is 0 Å². The highest BCUT2D eigenvalue weighted by molar-refractivity contribution is 6.22. The van der Waals surface area contributed by atoms with Gasteiger partial charge in [-0.1, -0.05) is 36.2 Å². The molecular formula is C18H21F3N4O2. The lowest BCUT2D eigenvalue weighted by atomic mass is 9.93. The summed E-state index contributed by atoms with van der Waals surface area (Å²) in [4.78, 5) is 19.2. The van der Waals surface area contributed by atoms with E-state index in [9.17, 15) is 18.0 Å². The Morgan fingerprint density at radius 3 is 2.56 bits per heavy atom. The zero-order chi connectivity index (χ0) is 19.8. The summed E-state index contributed by atoms with van der Waals surface area (Å²) < 4.78 is 39.0. The topological polar surface area (TPSA) is 93.9 Å². The van der Waals surface area contributed by atoms with Crippen LogP contribution in [0.25, 0.3) is 0 Å². The SMILES string of the molecule is CN1C(=O)C(/C(N)=N/OCc2ccccc2C(F)(F)F)=C(N)C12CCCC2. The summed E-state index contributed by atoms with van der Waals surface area (Å²) >= 11 is 0. The smallest absolute Gasteiger partial charge is 0.399 e. The van der Waals surface area contributed by atoms with Crippen LogP contribution in [0.3, 0.4) is 0 Å². The van der Waals surface area contributed by atoms with Crippen LogP contribution in [0.15, 0.2) is 40.7 Å². The van der Waals surface area contributed by atoms with Crippen LogP contribution in [0.5, 0.6) is 0 Å². The first-order valence-electron chi connectivity index (χ1n) is 8.58. The molecule has 0 bridgehead atoms. The number of hydrogen-bond donors (Lipinski definition) is 2. The predicted octanol–water partition coefficient (Wildman–Crippen LogP) is 2.49. The van der Waals surface area contributed by atoms with Crippen molar-refractivity contribution in [3.05, 3.63) is 46.7 Å². The molecule has 9 heteroatoms. The van der Waals surface area contributed by atoms with Gasteiger partial charge >= 0.3 is 6.18 Å². The average Bonchev–Trinajstić information content (AvgIpc) is 3.17. The second kappa shape index (κ2) is 6.79. The van der Waals surface area contributed by atoms with Gasteiger partial charge in [-0.25, -0.2) is 0 Å². The highest BCUT2D eigenvalue weighted by Crippen LogP contribution is 2.44. The van der Waals surface area contributed by atoms with Crippen LogP contribution in [0.4, 0.5) is 13.2 Å². The van der Waals surface area contributed by atoms with Gasteiger partial charge in [0.25, 0.3) is 5.91 Å². The van der Waals surface area contributed by atoms with E-state index in [1.807, 2.05) is 0 Å². The maximum absolute atomic E-state index is 13.0. The Balaban J connectivity index is 1.79. The van der Waals surface area contributed by atoms with Crippen molar-refractivity contribution in [2.75, 3.05) is 7.05 Å². The van der Waals surface area contributed by atoms with Gasteiger partial charge in [-0.05, 0) is 18.9 Å². The Morgan fingerprint density at radius 2 is 1.93 bits per heavy atom. The molecule has 0 saturated heterocycles. The number of likely N-dealkylation sites (N-methyl/N-ethyl adjacent to an activating group) is 1. The molecule has 3 rings (SSSR count). The fourth-order valence-corrected chi connectivity index (χ4v) is 3.84. The molecule has 1 aromatic carbocycles. The normalized spacial score (nSPS) is 20.1. The van der Waals surface area contributed by atoms with Crippen LogP contribution >= 0.6 is 0 Å². The number of amidine groups is 1. The van der Waals surface area contributed by atoms with Crippen molar-refractivity contribution < 1.29 is 22.8 Å². The molecule has 2 aliphatic rings. The van der Waals surface area contributed by atoms with Crippen LogP contribution in [0.2, 0.25) is 0 Å². The number of nitrogens with two attached hydrogens (primary N) is 2. The summed E-state index contributed by atoms with van der Waals surface area (Å²) in [5.41, 5.74) is 11.1. The van der Waals surface area contributed by atoms with Crippen LogP contribution in [0.1, 0.15) is 36.8 Å². The fourth-order valence-electron chi connectivity index (χ4n) is 3.84. The fraction of sp³-hybridized carbons (Fsp3) is 0.444. The van der Waals surface area contributed by atoms with Gasteiger partial charge < -0.3 is 21.2 Å². The van der Waals surface area contributed by atoms with Crippen molar-refractivity contribution in [1.82, 2.24) is 4.90 Å². The van der Waals surface area contributed by atoms with Crippen molar-refractivity contribution >= 4 is 11.7 Å². The molecular weight excluding hydrogens is 361 g/mol. The molecule has 0 radical (unpaired) electrons. The molecule has 1 aliphatic heterocycles. The van der Waals surface area contributed by atoms with Gasteiger partial charge in [0, 0.05) is 12.6 Å². The standard InChI is InChI=1S/C18H21F3N4O2/c1-25-16(26)13(14(22)17(25)8-4-5-9-17)15(23)24-27-10-11-6-2-3-7-12(11)18(19,20)21/h2-3,6-7H,4-5,8-10,22H2,1H3,(H2,23,24). The number of oxime groups is 1. The molecule has 1 heterocycles. The maximum atomic E-state index is 13.0. The molecule has 0 aromatic heterocycles. The van der Waals surface area contributed by atoms with E-state index in [1.165, 1.54) is 18.2 Å². The van der Waals surface area contributed by atoms with Gasteiger partial charge in [0.1, 0.15) is 12.2 Å². The molecule has 27 heavy (non-hydrogen) atoms. The molecule has 0 atom stereocenters. The first kappa shape index (κ1) is 19.1. The second-order valence-electron chi connectivity index (χ2n) is 6.80. The van der Waals surface area contributed by atoms with Gasteiger partial charge in [0.15, 0.2) is 5.84 Å². The molecule has 4 N–H and O–H groups in total. The first-order valence-corrected chi connectivity index (χ1v) is 8.58. The minimum atomic E-state index is -4.50. The van der Waals surface area contributed by atoms with Gasteiger partial charge in [-0.3, -0.25) is 4.79 Å². The second-order valence-corrected chi connectivity index (χ2v) is 6.80. The van der Waals surface area contributed by atoms with Crippen molar-refractivity contribution in [3.8, 4) is 0 Å². The van der Waals surface area contributed by atoms with Gasteiger partial charge in [-0.15, -0.1) is 0 Å². The summed E-state index contributed by atoms with van der Waals surface area (Å²) in [6.07, 6.45) is -1.10. The Hall–Kier alpha value is -2.71. The number of hydrogen-bond acceptors (Lipinski definition) is 4. The van der Waals surface area contributed by atoms with Gasteiger partial charge in [-0.2, -0.15) is 13.2 Å². The van der Waals surface area contributed by atoms with Gasteiger partial charge in [0.2, 0.25) is 0 Å². The number of nitrogens with zero attached hydrogens (tertiary/aromatic N) is 2. The third-order valence-electron chi connectivity index (χ3n) is 5.32. The molecule has 1 aliphatic carbocycles. The quantitative estimate of drug-likeness (QED) is 0.475. The predicted molar refractivity (Wildman–Crippen MR) is 93.0 cm³/mol. The monoisotopic (exact) mass is 382 g/mol. The van der Waals surface area contributed by atoms with Gasteiger partial charge in [0.05, 0.1) is 16.8 Å². The Labute approximate surface area is 154 Å². The lowest BCUT2D eigenvalue weighted by Crippen LogP contribution is -2.45. The van der Waals surface area contributed by atoms with Crippen molar-refractivity contribution in [1.29, 1.82) is 0 Å². The van der Waals surface area contributed by atoms with E-state index in [0.717, 1.165) is 31.7 Å². The average molecular weight is 382 g/mol. The Kier molecular flexibility index (Phi) is 4.79. The van der Waals surface area contributed by atoms with E-state index in [-0.39, 0.29) is 22.9 Å². The molecule has 6 nitrogen and oxygen atoms in total. The number of carbonyl (C=O) groups is 1. The van der Waals surface area contributed by atoms with Crippen molar-refractivity contribution in [3.63, 3.8) is 0 Å². The summed E-state index contributed by atoms with van der Waals surface area (Å²) in [6, 6.07) is 5.03. The molecule has 1 spiro atoms. The largest absolute Gasteiger partial charge is 0.416 e. The number of rotatable bonds is 4. The number of alkyl halides is 3. The van der Waals surface area contributed by atoms with Crippen LogP contribution < -0.4 is 11.5 Å². The third-order valence-corrected chi connectivity index (χ3v) is 5.32. The third kappa shape index (κ3) is 3.22. The van der Waals surface area contributed by atoms with E-state index in [4.69, 9.17) is 16.3 Å². The van der Waals surface area contributed by atoms with Crippen LogP contribution in [-0.2, 0) is 22.4 Å². The van der Waals surface area contributed by atoms with Crippen LogP contribution in [-0.4, -0.2) is 29.2 Å². The highest BCUT2D eigenvalue weighted by atomic mass is 19.4. The Bertz CT molecular complexity index is 811. The number of carbonyl (C=O) groups excluding carboxylic acids is 1. The molecule has 1 amide bonds. The molecule has 1 fully saturated rings. The minimum absolute atomic E-state index is 0.0727.